The molecule has 0 N–H and O–H groups in total. The summed E-state index contributed by atoms with van der Waals surface area (Å²) >= 11 is 0. The molecule has 0 aromatic carbocycles. The van der Waals surface area contributed by atoms with Crippen molar-refractivity contribution in [1.82, 2.24) is 14.1 Å². The van der Waals surface area contributed by atoms with Crippen LogP contribution in [0.15, 0.2) is 61.7 Å². The van der Waals surface area contributed by atoms with E-state index in [9.17, 15) is 0 Å². The maximum Gasteiger partial charge on any atom is 0.243 e. The average molecular weight is 269 g/mol. The van der Waals surface area contributed by atoms with Gasteiger partial charge >= 0.3 is 0 Å². The Balaban J connectivity index is 1.80. The van der Waals surface area contributed by atoms with Crippen molar-refractivity contribution in [1.29, 1.82) is 0 Å². The van der Waals surface area contributed by atoms with Crippen LogP contribution in [0.1, 0.15) is 6.92 Å². The van der Waals surface area contributed by atoms with Crippen LogP contribution in [-0.2, 0) is 20.1 Å². The molecule has 104 valence electrons. The molecule has 1 aliphatic rings. The Morgan fingerprint density at radius 3 is 2.85 bits per heavy atom. The van der Waals surface area contributed by atoms with Crippen LogP contribution >= 0.6 is 0 Å². The molecule has 4 heteroatoms. The smallest absolute Gasteiger partial charge is 0.243 e. The Bertz CT molecular complexity index is 621. The van der Waals surface area contributed by atoms with E-state index in [4.69, 9.17) is 0 Å². The van der Waals surface area contributed by atoms with Crippen LogP contribution in [-0.4, -0.2) is 14.1 Å². The lowest BCUT2D eigenvalue weighted by atomic mass is 9.74. The Morgan fingerprint density at radius 1 is 1.25 bits per heavy atom. The quantitative estimate of drug-likeness (QED) is 0.779. The molecule has 0 radical (unpaired) electrons. The summed E-state index contributed by atoms with van der Waals surface area (Å²) in [6, 6.07) is 0. The second-order valence-electron chi connectivity index (χ2n) is 5.87. The standard InChI is InChI=1S/C16H21N4/c1-16(12-20-10-9-18(2)14-20)6-4-3-5-15(16)11-19-8-7-17-13-19/h3-10,13-15H,11-12H2,1-2H3/q+1. The van der Waals surface area contributed by atoms with Gasteiger partial charge in [-0.25, -0.2) is 14.1 Å². The van der Waals surface area contributed by atoms with Crippen molar-refractivity contribution in [3.63, 3.8) is 0 Å². The highest BCUT2D eigenvalue weighted by atomic mass is 15.1. The fraction of sp³-hybridized carbons (Fsp3) is 0.375. The van der Waals surface area contributed by atoms with E-state index < -0.39 is 0 Å². The molecule has 2 heterocycles. The second kappa shape index (κ2) is 5.12. The van der Waals surface area contributed by atoms with Crippen LogP contribution in [0.2, 0.25) is 0 Å². The van der Waals surface area contributed by atoms with Crippen molar-refractivity contribution in [2.75, 3.05) is 0 Å². The van der Waals surface area contributed by atoms with Crippen molar-refractivity contribution in [3.05, 3.63) is 61.7 Å². The summed E-state index contributed by atoms with van der Waals surface area (Å²) in [7, 11) is 2.05. The first kappa shape index (κ1) is 12.9. The molecular weight excluding hydrogens is 248 g/mol. The Labute approximate surface area is 119 Å². The molecule has 2 atom stereocenters. The fourth-order valence-corrected chi connectivity index (χ4v) is 2.87. The third-order valence-electron chi connectivity index (χ3n) is 4.09. The Kier molecular flexibility index (Phi) is 3.30. The largest absolute Gasteiger partial charge is 0.337 e. The molecule has 0 saturated carbocycles. The molecule has 0 amide bonds. The van der Waals surface area contributed by atoms with Crippen molar-refractivity contribution in [2.24, 2.45) is 18.4 Å². The van der Waals surface area contributed by atoms with E-state index in [1.807, 2.05) is 18.7 Å². The minimum atomic E-state index is 0.116. The number of aryl methyl sites for hydroxylation is 1. The molecule has 0 saturated heterocycles. The summed E-state index contributed by atoms with van der Waals surface area (Å²) in [5.41, 5.74) is 0.116. The number of hydrogen-bond acceptors (Lipinski definition) is 1. The summed E-state index contributed by atoms with van der Waals surface area (Å²) in [4.78, 5) is 4.14. The first-order valence-electron chi connectivity index (χ1n) is 6.98. The van der Waals surface area contributed by atoms with Gasteiger partial charge in [-0.2, -0.15) is 0 Å². The molecule has 2 aromatic rings. The highest BCUT2D eigenvalue weighted by Crippen LogP contribution is 2.36. The molecule has 3 rings (SSSR count). The van der Waals surface area contributed by atoms with Crippen LogP contribution in [0.5, 0.6) is 0 Å². The summed E-state index contributed by atoms with van der Waals surface area (Å²) in [6.45, 7) is 4.27. The van der Waals surface area contributed by atoms with E-state index in [0.717, 1.165) is 13.1 Å². The van der Waals surface area contributed by atoms with Crippen molar-refractivity contribution < 1.29 is 4.57 Å². The molecular formula is C16H21N4+. The fourth-order valence-electron chi connectivity index (χ4n) is 2.87. The minimum Gasteiger partial charge on any atom is -0.337 e. The number of nitrogens with zero attached hydrogens (tertiary/aromatic N) is 4. The highest BCUT2D eigenvalue weighted by Gasteiger charge is 2.34. The number of aromatic nitrogens is 4. The molecule has 0 spiro atoms. The second-order valence-corrected chi connectivity index (χ2v) is 5.87. The van der Waals surface area contributed by atoms with Crippen molar-refractivity contribution >= 4 is 0 Å². The van der Waals surface area contributed by atoms with E-state index in [0.29, 0.717) is 5.92 Å². The molecule has 2 aromatic heterocycles. The summed E-state index contributed by atoms with van der Waals surface area (Å²) in [5.74, 6) is 0.467. The van der Waals surface area contributed by atoms with Crippen molar-refractivity contribution in [2.45, 2.75) is 20.0 Å². The SMILES string of the molecule is C[n+]1ccn(CC2(C)C=CC=CC2Cn2ccnc2)c1. The topological polar surface area (TPSA) is 26.6 Å². The third-order valence-corrected chi connectivity index (χ3v) is 4.09. The lowest BCUT2D eigenvalue weighted by Gasteiger charge is -2.34. The van der Waals surface area contributed by atoms with E-state index in [-0.39, 0.29) is 5.41 Å². The normalized spacial score (nSPS) is 25.2. The lowest BCUT2D eigenvalue weighted by Crippen LogP contribution is -2.33. The van der Waals surface area contributed by atoms with E-state index in [2.05, 4.69) is 75.7 Å². The zero-order valence-corrected chi connectivity index (χ0v) is 12.1. The van der Waals surface area contributed by atoms with E-state index in [1.165, 1.54) is 0 Å². The maximum absolute atomic E-state index is 4.14. The molecule has 4 nitrogen and oxygen atoms in total. The van der Waals surface area contributed by atoms with Crippen LogP contribution in [0, 0.1) is 11.3 Å². The summed E-state index contributed by atoms with van der Waals surface area (Å²) in [5, 5.41) is 0. The predicted molar refractivity (Wildman–Crippen MR) is 77.7 cm³/mol. The summed E-state index contributed by atoms with van der Waals surface area (Å²) < 4.78 is 6.49. The van der Waals surface area contributed by atoms with Gasteiger partial charge in [0.25, 0.3) is 0 Å². The van der Waals surface area contributed by atoms with Crippen LogP contribution < -0.4 is 4.57 Å². The first-order chi connectivity index (χ1) is 9.66. The molecule has 1 aliphatic carbocycles. The highest BCUT2D eigenvalue weighted by molar-refractivity contribution is 5.19. The van der Waals surface area contributed by atoms with Crippen LogP contribution in [0.25, 0.3) is 0 Å². The monoisotopic (exact) mass is 269 g/mol. The zero-order chi connectivity index (χ0) is 14.0. The predicted octanol–water partition coefficient (Wildman–Crippen LogP) is 1.96. The number of hydrogen-bond donors (Lipinski definition) is 0. The van der Waals surface area contributed by atoms with Gasteiger partial charge in [-0.15, -0.1) is 0 Å². The number of allylic oxidation sites excluding steroid dienone is 4. The number of imidazole rings is 2. The van der Waals surface area contributed by atoms with Crippen LogP contribution in [0.4, 0.5) is 0 Å². The minimum absolute atomic E-state index is 0.116. The van der Waals surface area contributed by atoms with Gasteiger partial charge < -0.3 is 4.57 Å². The van der Waals surface area contributed by atoms with Gasteiger partial charge in [-0.1, -0.05) is 31.2 Å². The van der Waals surface area contributed by atoms with Gasteiger partial charge in [0, 0.05) is 30.3 Å². The lowest BCUT2D eigenvalue weighted by molar-refractivity contribution is -0.671. The van der Waals surface area contributed by atoms with Crippen LogP contribution in [0.3, 0.4) is 0 Å². The third kappa shape index (κ3) is 2.59. The van der Waals surface area contributed by atoms with Gasteiger partial charge in [-0.05, 0) is 0 Å². The van der Waals surface area contributed by atoms with Gasteiger partial charge in [0.15, 0.2) is 0 Å². The summed E-state index contributed by atoms with van der Waals surface area (Å²) in [6.07, 6.45) is 21.1. The molecule has 20 heavy (non-hydrogen) atoms. The van der Waals surface area contributed by atoms with Crippen molar-refractivity contribution in [3.8, 4) is 0 Å². The Morgan fingerprint density at radius 2 is 2.15 bits per heavy atom. The van der Waals surface area contributed by atoms with Gasteiger partial charge in [0.1, 0.15) is 12.4 Å². The van der Waals surface area contributed by atoms with E-state index >= 15 is 0 Å². The van der Waals surface area contributed by atoms with Gasteiger partial charge in [0.2, 0.25) is 6.33 Å². The number of rotatable bonds is 4. The Hall–Kier alpha value is -2.10. The molecule has 0 aliphatic heterocycles. The van der Waals surface area contributed by atoms with E-state index in [1.54, 1.807) is 0 Å². The molecule has 0 bridgehead atoms. The maximum atomic E-state index is 4.14. The molecule has 2 unspecified atom stereocenters. The zero-order valence-electron chi connectivity index (χ0n) is 12.1. The average Bonchev–Trinajstić information content (AvgIpc) is 3.04. The first-order valence-corrected chi connectivity index (χ1v) is 6.98. The molecule has 0 fully saturated rings. The van der Waals surface area contributed by atoms with Gasteiger partial charge in [-0.3, -0.25) is 0 Å². The van der Waals surface area contributed by atoms with Gasteiger partial charge in [0.05, 0.1) is 19.9 Å².